The van der Waals surface area contributed by atoms with Gasteiger partial charge >= 0.3 is 6.09 Å². The first-order valence-electron chi connectivity index (χ1n) is 12.0. The van der Waals surface area contributed by atoms with E-state index in [1.807, 2.05) is 7.05 Å². The Morgan fingerprint density at radius 1 is 0.704 bits per heavy atom. The van der Waals surface area contributed by atoms with E-state index in [0.717, 1.165) is 13.0 Å². The minimum absolute atomic E-state index is 0.176. The van der Waals surface area contributed by atoms with Crippen molar-refractivity contribution in [2.45, 2.75) is 124 Å². The van der Waals surface area contributed by atoms with E-state index in [1.54, 1.807) is 4.90 Å². The van der Waals surface area contributed by atoms with Crippen LogP contribution in [0.2, 0.25) is 0 Å². The average Bonchev–Trinajstić information content (AvgIpc) is 2.63. The van der Waals surface area contributed by atoms with Crippen LogP contribution in [0.25, 0.3) is 0 Å². The zero-order valence-corrected chi connectivity index (χ0v) is 19.1. The van der Waals surface area contributed by atoms with E-state index < -0.39 is 0 Å². The van der Waals surface area contributed by atoms with Crippen LogP contribution in [-0.4, -0.2) is 31.2 Å². The zero-order chi connectivity index (χ0) is 20.2. The number of ether oxygens (including phenoxy) is 1. The van der Waals surface area contributed by atoms with Crippen LogP contribution in [0.4, 0.5) is 4.79 Å². The molecule has 0 saturated heterocycles. The van der Waals surface area contributed by atoms with Crippen molar-refractivity contribution in [3.05, 3.63) is 0 Å². The molecule has 3 nitrogen and oxygen atoms in total. The van der Waals surface area contributed by atoms with Gasteiger partial charge in [-0.3, -0.25) is 0 Å². The number of amides is 1. The Kier molecular flexibility index (Phi) is 19.5. The second kappa shape index (κ2) is 20.0. The van der Waals surface area contributed by atoms with Gasteiger partial charge in [0.2, 0.25) is 0 Å². The highest BCUT2D eigenvalue weighted by Gasteiger charge is 2.10. The second-order valence-corrected chi connectivity index (χ2v) is 8.69. The SMILES string of the molecule is CCCCCCCCCCCCCCCCCCOC(=O)N(C)CC(C)C. The molecule has 0 aromatic rings. The predicted molar refractivity (Wildman–Crippen MR) is 118 cm³/mol. The first-order chi connectivity index (χ1) is 13.1. The average molecular weight is 384 g/mol. The molecule has 0 aliphatic heterocycles. The van der Waals surface area contributed by atoms with Gasteiger partial charge in [0.25, 0.3) is 0 Å². The van der Waals surface area contributed by atoms with Gasteiger partial charge in [0.05, 0.1) is 6.61 Å². The van der Waals surface area contributed by atoms with Crippen LogP contribution in [-0.2, 0) is 4.74 Å². The van der Waals surface area contributed by atoms with Crippen molar-refractivity contribution in [1.82, 2.24) is 4.90 Å². The van der Waals surface area contributed by atoms with Gasteiger partial charge < -0.3 is 9.64 Å². The van der Waals surface area contributed by atoms with Gasteiger partial charge in [-0.2, -0.15) is 0 Å². The molecule has 3 heteroatoms. The highest BCUT2D eigenvalue weighted by Crippen LogP contribution is 2.13. The van der Waals surface area contributed by atoms with Crippen molar-refractivity contribution in [2.24, 2.45) is 5.92 Å². The van der Waals surface area contributed by atoms with E-state index in [2.05, 4.69) is 20.8 Å². The van der Waals surface area contributed by atoms with E-state index in [-0.39, 0.29) is 6.09 Å². The van der Waals surface area contributed by atoms with Crippen molar-refractivity contribution >= 4 is 6.09 Å². The fourth-order valence-corrected chi connectivity index (χ4v) is 3.54. The fourth-order valence-electron chi connectivity index (χ4n) is 3.54. The van der Waals surface area contributed by atoms with Gasteiger partial charge in [-0.1, -0.05) is 117 Å². The fraction of sp³-hybridized carbons (Fsp3) is 0.958. The topological polar surface area (TPSA) is 29.5 Å². The van der Waals surface area contributed by atoms with E-state index in [9.17, 15) is 4.79 Å². The molecule has 0 unspecified atom stereocenters. The quantitative estimate of drug-likeness (QED) is 0.212. The molecule has 0 aliphatic carbocycles. The molecule has 0 heterocycles. The number of hydrogen-bond donors (Lipinski definition) is 0. The van der Waals surface area contributed by atoms with Crippen LogP contribution in [0.5, 0.6) is 0 Å². The monoisotopic (exact) mass is 383 g/mol. The van der Waals surface area contributed by atoms with Crippen molar-refractivity contribution in [1.29, 1.82) is 0 Å². The molecule has 0 fully saturated rings. The molecule has 0 N–H and O–H groups in total. The summed E-state index contributed by atoms with van der Waals surface area (Å²) in [4.78, 5) is 13.4. The Morgan fingerprint density at radius 2 is 1.07 bits per heavy atom. The molecule has 0 aliphatic rings. The van der Waals surface area contributed by atoms with E-state index in [1.165, 1.54) is 96.3 Å². The third kappa shape index (κ3) is 19.8. The van der Waals surface area contributed by atoms with Gasteiger partial charge in [-0.15, -0.1) is 0 Å². The molecule has 0 aromatic carbocycles. The summed E-state index contributed by atoms with van der Waals surface area (Å²) in [7, 11) is 1.82. The number of carbonyl (C=O) groups excluding carboxylic acids is 1. The normalized spacial score (nSPS) is 11.1. The Hall–Kier alpha value is -0.730. The zero-order valence-electron chi connectivity index (χ0n) is 19.1. The Morgan fingerprint density at radius 3 is 1.44 bits per heavy atom. The van der Waals surface area contributed by atoms with E-state index >= 15 is 0 Å². The number of carbonyl (C=O) groups is 1. The van der Waals surface area contributed by atoms with Crippen LogP contribution >= 0.6 is 0 Å². The molecule has 162 valence electrons. The molecular weight excluding hydrogens is 334 g/mol. The molecule has 0 radical (unpaired) electrons. The first-order valence-corrected chi connectivity index (χ1v) is 12.0. The minimum Gasteiger partial charge on any atom is -0.449 e. The van der Waals surface area contributed by atoms with Crippen LogP contribution in [0, 0.1) is 5.92 Å². The highest BCUT2D eigenvalue weighted by atomic mass is 16.6. The van der Waals surface area contributed by atoms with Gasteiger partial charge in [0.1, 0.15) is 0 Å². The van der Waals surface area contributed by atoms with Crippen molar-refractivity contribution in [3.8, 4) is 0 Å². The van der Waals surface area contributed by atoms with Crippen molar-refractivity contribution < 1.29 is 9.53 Å². The smallest absolute Gasteiger partial charge is 0.409 e. The van der Waals surface area contributed by atoms with Crippen molar-refractivity contribution in [2.75, 3.05) is 20.2 Å². The van der Waals surface area contributed by atoms with Crippen LogP contribution in [0.1, 0.15) is 124 Å². The summed E-state index contributed by atoms with van der Waals surface area (Å²) in [6.45, 7) is 7.83. The molecule has 0 atom stereocenters. The lowest BCUT2D eigenvalue weighted by molar-refractivity contribution is 0.105. The van der Waals surface area contributed by atoms with Gasteiger partial charge in [0, 0.05) is 13.6 Å². The lowest BCUT2D eigenvalue weighted by Gasteiger charge is -2.18. The molecule has 0 saturated carbocycles. The third-order valence-corrected chi connectivity index (χ3v) is 5.17. The number of hydrogen-bond acceptors (Lipinski definition) is 2. The molecule has 27 heavy (non-hydrogen) atoms. The summed E-state index contributed by atoms with van der Waals surface area (Å²) < 4.78 is 5.31. The summed E-state index contributed by atoms with van der Waals surface area (Å²) in [6, 6.07) is 0. The Bertz CT molecular complexity index is 318. The molecule has 0 aromatic heterocycles. The molecule has 0 bridgehead atoms. The largest absolute Gasteiger partial charge is 0.449 e. The molecule has 0 rings (SSSR count). The van der Waals surface area contributed by atoms with Crippen LogP contribution < -0.4 is 0 Å². The maximum absolute atomic E-state index is 11.7. The predicted octanol–water partition coefficient (Wildman–Crippen LogP) is 7.97. The third-order valence-electron chi connectivity index (χ3n) is 5.17. The number of rotatable bonds is 19. The summed E-state index contributed by atoms with van der Waals surface area (Å²) in [5.74, 6) is 0.484. The number of nitrogens with zero attached hydrogens (tertiary/aromatic N) is 1. The minimum atomic E-state index is -0.176. The summed E-state index contributed by atoms with van der Waals surface area (Å²) in [5, 5.41) is 0. The van der Waals surface area contributed by atoms with Gasteiger partial charge in [0.15, 0.2) is 0 Å². The van der Waals surface area contributed by atoms with Gasteiger partial charge in [-0.05, 0) is 12.3 Å². The Balaban J connectivity index is 3.18. The van der Waals surface area contributed by atoms with E-state index in [4.69, 9.17) is 4.74 Å². The lowest BCUT2D eigenvalue weighted by atomic mass is 10.0. The Labute approximate surface area is 170 Å². The van der Waals surface area contributed by atoms with Crippen molar-refractivity contribution in [3.63, 3.8) is 0 Å². The van der Waals surface area contributed by atoms with Gasteiger partial charge in [-0.25, -0.2) is 4.79 Å². The molecule has 1 amide bonds. The highest BCUT2D eigenvalue weighted by molar-refractivity contribution is 5.67. The second-order valence-electron chi connectivity index (χ2n) is 8.69. The number of unbranched alkanes of at least 4 members (excludes halogenated alkanes) is 15. The maximum atomic E-state index is 11.7. The molecule has 0 spiro atoms. The summed E-state index contributed by atoms with van der Waals surface area (Å²) >= 11 is 0. The summed E-state index contributed by atoms with van der Waals surface area (Å²) in [5.41, 5.74) is 0. The molecular formula is C24H49NO2. The van der Waals surface area contributed by atoms with E-state index in [0.29, 0.717) is 12.5 Å². The maximum Gasteiger partial charge on any atom is 0.409 e. The van der Waals surface area contributed by atoms with Crippen LogP contribution in [0.3, 0.4) is 0 Å². The standard InChI is InChI=1S/C24H49NO2/c1-5-6-7-8-9-10-11-12-13-14-15-16-17-18-19-20-21-27-24(26)25(4)22-23(2)3/h23H,5-22H2,1-4H3. The lowest BCUT2D eigenvalue weighted by Crippen LogP contribution is -2.31. The first kappa shape index (κ1) is 26.3. The summed E-state index contributed by atoms with van der Waals surface area (Å²) in [6.07, 6.45) is 21.6. The van der Waals surface area contributed by atoms with Crippen LogP contribution in [0.15, 0.2) is 0 Å².